The highest BCUT2D eigenvalue weighted by Crippen LogP contribution is 2.22. The summed E-state index contributed by atoms with van der Waals surface area (Å²) in [5.74, 6) is 5.50. The number of aliphatic imine (C=N–C) groups is 2. The van der Waals surface area contributed by atoms with Gasteiger partial charge in [0.25, 0.3) is 0 Å². The van der Waals surface area contributed by atoms with Crippen LogP contribution in [0, 0.1) is 24.7 Å². The zero-order valence-electron chi connectivity index (χ0n) is 20.1. The van der Waals surface area contributed by atoms with E-state index in [1.165, 1.54) is 10.2 Å². The van der Waals surface area contributed by atoms with Gasteiger partial charge >= 0.3 is 0 Å². The number of allylic oxidation sites excluding steroid dienone is 2. The highest BCUT2D eigenvalue weighted by atomic mass is 79.9. The Morgan fingerprint density at radius 2 is 1.67 bits per heavy atom. The van der Waals surface area contributed by atoms with Gasteiger partial charge in [-0.05, 0) is 68.5 Å². The second-order valence-electron chi connectivity index (χ2n) is 6.16. The van der Waals surface area contributed by atoms with Crippen molar-refractivity contribution in [3.05, 3.63) is 21.7 Å². The molecule has 0 saturated heterocycles. The highest BCUT2D eigenvalue weighted by molar-refractivity contribution is 9.14. The summed E-state index contributed by atoms with van der Waals surface area (Å²) in [6, 6.07) is 0.499. The first kappa shape index (κ1) is 33.2. The summed E-state index contributed by atoms with van der Waals surface area (Å²) in [6.07, 6.45) is 22.1. The van der Waals surface area contributed by atoms with Gasteiger partial charge in [-0.1, -0.05) is 33.3 Å². The predicted molar refractivity (Wildman–Crippen MR) is 146 cm³/mol. The van der Waals surface area contributed by atoms with E-state index < -0.39 is 0 Å². The molecule has 0 unspecified atom stereocenters. The van der Waals surface area contributed by atoms with Gasteiger partial charge in [-0.2, -0.15) is 0 Å². The second kappa shape index (κ2) is 27.6. The largest absolute Gasteiger partial charge is 0.336 e. The van der Waals surface area contributed by atoms with E-state index in [1.807, 2.05) is 24.3 Å². The molecule has 0 atom stereocenters. The minimum absolute atomic E-state index is 0.499. The van der Waals surface area contributed by atoms with Crippen molar-refractivity contribution in [1.29, 1.82) is 0 Å². The van der Waals surface area contributed by atoms with E-state index >= 15 is 0 Å². The van der Waals surface area contributed by atoms with Crippen LogP contribution in [0.3, 0.4) is 0 Å². The van der Waals surface area contributed by atoms with E-state index in [0.717, 1.165) is 43.7 Å². The van der Waals surface area contributed by atoms with Gasteiger partial charge in [0.05, 0.1) is 6.34 Å². The number of nitrogens with zero attached hydrogens (tertiary/aromatic N) is 3. The Bertz CT molecular complexity index is 564. The first-order valence-electron chi connectivity index (χ1n) is 10.6. The lowest BCUT2D eigenvalue weighted by Gasteiger charge is -2.25. The van der Waals surface area contributed by atoms with Crippen LogP contribution in [0.2, 0.25) is 0 Å². The molecule has 0 aromatic carbocycles. The Labute approximate surface area is 200 Å². The van der Waals surface area contributed by atoms with Gasteiger partial charge in [-0.25, -0.2) is 0 Å². The first-order valence-corrected chi connectivity index (χ1v) is 12.4. The molecular weight excluding hydrogens is 454 g/mol. The molecule has 0 amide bonds. The Kier molecular flexibility index (Phi) is 30.5. The lowest BCUT2D eigenvalue weighted by atomic mass is 10.1. The summed E-state index contributed by atoms with van der Waals surface area (Å²) >= 11 is 5.41. The molecule has 0 aliphatic carbocycles. The fraction of sp³-hybridized carbons (Fsp3) is 0.600. The lowest BCUT2D eigenvalue weighted by molar-refractivity contribution is 0.384. The molecule has 0 aliphatic rings. The first-order chi connectivity index (χ1) is 14.4. The average molecular weight is 497 g/mol. The fourth-order valence-electron chi connectivity index (χ4n) is 2.11. The maximum absolute atomic E-state index is 4.60. The van der Waals surface area contributed by atoms with E-state index in [0.29, 0.717) is 6.04 Å². The van der Waals surface area contributed by atoms with Gasteiger partial charge in [0.1, 0.15) is 0 Å². The maximum atomic E-state index is 4.60. The minimum Gasteiger partial charge on any atom is -0.336 e. The normalized spacial score (nSPS) is 11.4. The summed E-state index contributed by atoms with van der Waals surface area (Å²) in [4.78, 5) is 11.2. The van der Waals surface area contributed by atoms with Crippen molar-refractivity contribution in [1.82, 2.24) is 4.90 Å². The topological polar surface area (TPSA) is 28.0 Å². The fourth-order valence-corrected chi connectivity index (χ4v) is 3.45. The van der Waals surface area contributed by atoms with Crippen molar-refractivity contribution in [2.24, 2.45) is 9.98 Å². The average Bonchev–Trinajstić information content (AvgIpc) is 2.72. The van der Waals surface area contributed by atoms with Gasteiger partial charge in [0.2, 0.25) is 0 Å². The summed E-state index contributed by atoms with van der Waals surface area (Å²) in [5, 5.41) is 0. The number of rotatable bonds is 13. The van der Waals surface area contributed by atoms with Gasteiger partial charge in [-0.15, -0.1) is 36.4 Å². The molecule has 0 saturated carbocycles. The SMILES string of the molecule is C#CC.C#CC.CCCC=C(Br)SCCN=C/C(C)=C\N(C=NCC)C(CC)CC. The number of unbranched alkanes of at least 4 members (excludes halogenated alkanes) is 1. The maximum Gasteiger partial charge on any atom is 0.0892 e. The number of terminal acetylenes is 2. The molecule has 0 bridgehead atoms. The molecule has 30 heavy (non-hydrogen) atoms. The molecule has 0 spiro atoms. The summed E-state index contributed by atoms with van der Waals surface area (Å²) in [7, 11) is 0. The highest BCUT2D eigenvalue weighted by Gasteiger charge is 2.09. The molecule has 0 heterocycles. The van der Waals surface area contributed by atoms with Crippen molar-refractivity contribution < 1.29 is 0 Å². The summed E-state index contributed by atoms with van der Waals surface area (Å²) < 4.78 is 1.22. The summed E-state index contributed by atoms with van der Waals surface area (Å²) in [5.41, 5.74) is 1.16. The zero-order chi connectivity index (χ0) is 23.6. The monoisotopic (exact) mass is 495 g/mol. The summed E-state index contributed by atoms with van der Waals surface area (Å²) in [6.45, 7) is 15.7. The second-order valence-corrected chi connectivity index (χ2v) is 8.68. The van der Waals surface area contributed by atoms with Crippen molar-refractivity contribution >= 4 is 40.2 Å². The predicted octanol–water partition coefficient (Wildman–Crippen LogP) is 7.55. The van der Waals surface area contributed by atoms with E-state index in [9.17, 15) is 0 Å². The van der Waals surface area contributed by atoms with Crippen LogP contribution < -0.4 is 0 Å². The molecule has 0 aliphatic heterocycles. The molecule has 3 nitrogen and oxygen atoms in total. The van der Waals surface area contributed by atoms with Crippen molar-refractivity contribution in [3.8, 4) is 24.7 Å². The third kappa shape index (κ3) is 24.6. The van der Waals surface area contributed by atoms with E-state index in [2.05, 4.69) is 102 Å². The zero-order valence-corrected chi connectivity index (χ0v) is 22.5. The van der Waals surface area contributed by atoms with Crippen LogP contribution in [-0.4, -0.2) is 42.3 Å². The van der Waals surface area contributed by atoms with E-state index in [-0.39, 0.29) is 0 Å². The number of hydrogen-bond acceptors (Lipinski definition) is 3. The number of halogens is 1. The molecule has 0 aromatic heterocycles. The molecule has 0 rings (SSSR count). The Morgan fingerprint density at radius 3 is 2.13 bits per heavy atom. The van der Waals surface area contributed by atoms with Crippen LogP contribution in [0.15, 0.2) is 31.6 Å². The van der Waals surface area contributed by atoms with Crippen LogP contribution >= 0.6 is 27.7 Å². The molecule has 170 valence electrons. The quantitative estimate of drug-likeness (QED) is 0.114. The minimum atomic E-state index is 0.499. The van der Waals surface area contributed by atoms with Gasteiger partial charge in [-0.3, -0.25) is 9.98 Å². The lowest BCUT2D eigenvalue weighted by Crippen LogP contribution is -2.29. The van der Waals surface area contributed by atoms with Crippen LogP contribution in [-0.2, 0) is 0 Å². The standard InChI is InChI=1S/C19H34BrN3S.2C3H4/c1-6-10-11-19(20)24-13-12-22-14-17(5)15-23(16-21-9-4)18(7-2)8-3;2*1-3-2/h11,14-16,18H,6-10,12-13H2,1-5H3;2*1H,2H3/b17-15-,19-11?,21-16?,22-14?;;. The smallest absolute Gasteiger partial charge is 0.0892 e. The Balaban J connectivity index is -0.00000107. The number of hydrogen-bond donors (Lipinski definition) is 0. The number of thioether (sulfide) groups is 1. The van der Waals surface area contributed by atoms with Gasteiger partial charge in [0, 0.05) is 41.1 Å². The van der Waals surface area contributed by atoms with E-state index in [1.54, 1.807) is 13.8 Å². The molecule has 0 N–H and O–H groups in total. The van der Waals surface area contributed by atoms with Crippen LogP contribution in [0.1, 0.15) is 74.1 Å². The van der Waals surface area contributed by atoms with E-state index in [4.69, 9.17) is 0 Å². The van der Waals surface area contributed by atoms with Crippen LogP contribution in [0.5, 0.6) is 0 Å². The molecule has 0 fully saturated rings. The molecule has 5 heteroatoms. The van der Waals surface area contributed by atoms with Crippen molar-refractivity contribution in [3.63, 3.8) is 0 Å². The molecule has 0 radical (unpaired) electrons. The van der Waals surface area contributed by atoms with Gasteiger partial charge in [0.15, 0.2) is 0 Å². The van der Waals surface area contributed by atoms with Crippen molar-refractivity contribution in [2.75, 3.05) is 18.8 Å². The third-order valence-corrected chi connectivity index (χ3v) is 5.30. The van der Waals surface area contributed by atoms with Gasteiger partial charge < -0.3 is 4.90 Å². The van der Waals surface area contributed by atoms with Crippen LogP contribution in [0.4, 0.5) is 0 Å². The molecular formula is C25H42BrN3S. The van der Waals surface area contributed by atoms with Crippen molar-refractivity contribution in [2.45, 2.75) is 80.2 Å². The third-order valence-electron chi connectivity index (χ3n) is 3.46. The van der Waals surface area contributed by atoms with Crippen LogP contribution in [0.25, 0.3) is 0 Å². The Morgan fingerprint density at radius 1 is 1.10 bits per heavy atom. The molecule has 0 aromatic rings. The Hall–Kier alpha value is -1.43.